The van der Waals surface area contributed by atoms with E-state index in [-0.39, 0.29) is 7.43 Å². The number of hydrogen-bond donors (Lipinski definition) is 1. The molecule has 0 saturated heterocycles. The average Bonchev–Trinajstić information content (AvgIpc) is 0.781. The molecule has 0 unspecified atom stereocenters. The van der Waals surface area contributed by atoms with Crippen LogP contribution >= 0.6 is 31.9 Å². The molecule has 500 valence electrons. The summed E-state index contributed by atoms with van der Waals surface area (Å²) in [5, 5.41) is 3.38. The topological polar surface area (TPSA) is 70.1 Å². The summed E-state index contributed by atoms with van der Waals surface area (Å²) in [6.45, 7) is 0. The van der Waals surface area contributed by atoms with Crippen molar-refractivity contribution >= 4 is 99.4 Å². The van der Waals surface area contributed by atoms with Crippen molar-refractivity contribution in [3.05, 3.63) is 409 Å². The molecule has 7 nitrogen and oxygen atoms in total. The fraction of sp³-hybridized carbons (Fsp3) is 0.0105. The van der Waals surface area contributed by atoms with Crippen molar-refractivity contribution in [2.75, 3.05) is 15.1 Å². The molecular weight excluding hydrogens is 1400 g/mol. The van der Waals surface area contributed by atoms with Crippen molar-refractivity contribution in [1.82, 2.24) is 19.9 Å². The van der Waals surface area contributed by atoms with Gasteiger partial charge in [0, 0.05) is 76.7 Å². The van der Waals surface area contributed by atoms with Gasteiger partial charge >= 0.3 is 0 Å². The maximum Gasteiger partial charge on any atom is 0.0973 e. The quantitative estimate of drug-likeness (QED) is 0.110. The van der Waals surface area contributed by atoms with Crippen LogP contribution in [0.2, 0.25) is 0 Å². The Balaban J connectivity index is 0.000000168. The first-order valence-electron chi connectivity index (χ1n) is 34.1. The molecule has 0 fully saturated rings. The van der Waals surface area contributed by atoms with Crippen molar-refractivity contribution in [1.29, 1.82) is 0 Å². The van der Waals surface area contributed by atoms with E-state index >= 15 is 0 Å². The summed E-state index contributed by atoms with van der Waals surface area (Å²) in [5.74, 6) is 0. The van der Waals surface area contributed by atoms with Crippen LogP contribution in [0.15, 0.2) is 409 Å². The number of nitrogens with one attached hydrogen (secondary N) is 1. The fourth-order valence-electron chi connectivity index (χ4n) is 12.5. The molecule has 0 amide bonds. The van der Waals surface area contributed by atoms with Crippen LogP contribution in [-0.2, 0) is 0 Å². The predicted molar refractivity (Wildman–Crippen MR) is 445 cm³/mol. The summed E-state index contributed by atoms with van der Waals surface area (Å²) in [7, 11) is 0. The van der Waals surface area contributed by atoms with Gasteiger partial charge in [-0.2, -0.15) is 0 Å². The van der Waals surface area contributed by atoms with Gasteiger partial charge in [0.25, 0.3) is 0 Å². The van der Waals surface area contributed by atoms with Gasteiger partial charge in [-0.05, 0) is 179 Å². The first-order chi connectivity index (χ1) is 50.9. The number of rotatable bonds is 15. The number of nitrogens with zero attached hydrogens (tertiary/aromatic N) is 6. The van der Waals surface area contributed by atoms with E-state index in [1.807, 2.05) is 97.1 Å². The zero-order chi connectivity index (χ0) is 69.5. The monoisotopic (exact) mass is 1470 g/mol. The van der Waals surface area contributed by atoms with E-state index in [0.717, 1.165) is 122 Å². The van der Waals surface area contributed by atoms with E-state index < -0.39 is 0 Å². The number of aromatic nitrogens is 4. The highest BCUT2D eigenvalue weighted by atomic mass is 79.9. The Bertz CT molecular complexity index is 5300. The third kappa shape index (κ3) is 16.2. The molecule has 2 heterocycles. The second kappa shape index (κ2) is 32.8. The molecule has 1 N–H and O–H groups in total. The lowest BCUT2D eigenvalue weighted by atomic mass is 10.0. The minimum atomic E-state index is 0. The summed E-state index contributed by atoms with van der Waals surface area (Å²) in [4.78, 5) is 24.8. The molecule has 0 bridgehead atoms. The Kier molecular flexibility index (Phi) is 21.6. The van der Waals surface area contributed by atoms with Crippen molar-refractivity contribution < 1.29 is 0 Å². The summed E-state index contributed by atoms with van der Waals surface area (Å²) >= 11 is 6.98. The molecule has 0 saturated carbocycles. The molecule has 0 aliphatic rings. The maximum absolute atomic E-state index is 5.25. The van der Waals surface area contributed by atoms with E-state index in [2.05, 4.69) is 350 Å². The van der Waals surface area contributed by atoms with Crippen LogP contribution < -0.4 is 15.1 Å². The van der Waals surface area contributed by atoms with Gasteiger partial charge in [-0.3, -0.25) is 0 Å². The second-order valence-corrected chi connectivity index (χ2v) is 26.4. The summed E-state index contributed by atoms with van der Waals surface area (Å²) in [6.07, 6.45) is 0. The zero-order valence-electron chi connectivity index (χ0n) is 56.0. The fourth-order valence-corrected chi connectivity index (χ4v) is 13.1. The van der Waals surface area contributed by atoms with E-state index in [0.29, 0.717) is 0 Å². The molecule has 0 spiro atoms. The zero-order valence-corrected chi connectivity index (χ0v) is 59.2. The Hall–Kier alpha value is -12.7. The van der Waals surface area contributed by atoms with E-state index in [1.54, 1.807) is 0 Å². The number of hydrogen-bond acceptors (Lipinski definition) is 7. The average molecular weight is 1470 g/mol. The molecule has 0 aliphatic carbocycles. The highest BCUT2D eigenvalue weighted by Crippen LogP contribution is 2.41. The van der Waals surface area contributed by atoms with Crippen molar-refractivity contribution in [3.63, 3.8) is 0 Å². The highest BCUT2D eigenvalue weighted by Gasteiger charge is 2.20. The molecule has 0 atom stereocenters. The number of benzene rings is 15. The summed E-state index contributed by atoms with van der Waals surface area (Å²) in [6, 6.07) is 138. The second-order valence-electron chi connectivity index (χ2n) is 24.5. The van der Waals surface area contributed by atoms with Gasteiger partial charge in [0.1, 0.15) is 0 Å². The SMILES string of the molecule is Brc1ccc(-c2nc3ccccc3nc2-c2ccc(Br)cc2)cc1.C.c1ccc(-c2ccc(N(c3ccccc3)c3ccc(-c4nc5ccccc5nc4-c4ccc(N(c5ccccc5)c5ccc(-c6ccccc6)cc5)cc4)cc3)cc2)cc1.c1ccc(Nc2ccc(-c3ccccc3)cc2)cc1. The van der Waals surface area contributed by atoms with Crippen LogP contribution in [0.4, 0.5) is 45.5 Å². The van der Waals surface area contributed by atoms with E-state index in [4.69, 9.17) is 19.9 Å². The number of fused-ring (bicyclic) bond motifs is 2. The van der Waals surface area contributed by atoms with Crippen LogP contribution in [0.1, 0.15) is 7.43 Å². The Labute approximate surface area is 625 Å². The normalized spacial score (nSPS) is 10.7. The van der Waals surface area contributed by atoms with Gasteiger partial charge in [0.2, 0.25) is 0 Å². The van der Waals surface area contributed by atoms with Gasteiger partial charge in [0.05, 0.1) is 44.8 Å². The lowest BCUT2D eigenvalue weighted by molar-refractivity contribution is 1.26. The number of para-hydroxylation sites is 7. The Morgan fingerprint density at radius 1 is 0.183 bits per heavy atom. The Morgan fingerprint density at radius 3 is 0.654 bits per heavy atom. The molecule has 15 aromatic carbocycles. The third-order valence-corrected chi connectivity index (χ3v) is 18.8. The van der Waals surface area contributed by atoms with Crippen molar-refractivity contribution in [2.45, 2.75) is 7.43 Å². The lowest BCUT2D eigenvalue weighted by Crippen LogP contribution is -2.10. The molecular formula is C95H71Br2N7. The van der Waals surface area contributed by atoms with E-state index in [9.17, 15) is 0 Å². The van der Waals surface area contributed by atoms with Gasteiger partial charge in [-0.15, -0.1) is 0 Å². The molecule has 0 radical (unpaired) electrons. The van der Waals surface area contributed by atoms with Gasteiger partial charge < -0.3 is 15.1 Å². The van der Waals surface area contributed by atoms with Crippen LogP contribution in [-0.4, -0.2) is 19.9 Å². The van der Waals surface area contributed by atoms with Gasteiger partial charge in [-0.1, -0.05) is 294 Å². The number of halogens is 2. The van der Waals surface area contributed by atoms with Crippen molar-refractivity contribution in [2.24, 2.45) is 0 Å². The molecule has 0 aliphatic heterocycles. The van der Waals surface area contributed by atoms with Crippen molar-refractivity contribution in [3.8, 4) is 78.4 Å². The molecule has 2 aromatic heterocycles. The largest absolute Gasteiger partial charge is 0.356 e. The lowest BCUT2D eigenvalue weighted by Gasteiger charge is -2.26. The highest BCUT2D eigenvalue weighted by molar-refractivity contribution is 9.10. The minimum absolute atomic E-state index is 0. The van der Waals surface area contributed by atoms with Crippen LogP contribution in [0, 0.1) is 0 Å². The number of anilines is 8. The van der Waals surface area contributed by atoms with Crippen LogP contribution in [0.3, 0.4) is 0 Å². The van der Waals surface area contributed by atoms with Crippen LogP contribution in [0.5, 0.6) is 0 Å². The van der Waals surface area contributed by atoms with Gasteiger partial charge in [-0.25, -0.2) is 19.9 Å². The minimum Gasteiger partial charge on any atom is -0.356 e. The predicted octanol–water partition coefficient (Wildman–Crippen LogP) is 27.5. The Morgan fingerprint density at radius 2 is 0.375 bits per heavy atom. The van der Waals surface area contributed by atoms with Gasteiger partial charge in [0.15, 0.2) is 0 Å². The summed E-state index contributed by atoms with van der Waals surface area (Å²) in [5.41, 5.74) is 26.9. The standard InChI is InChI=1S/C56H40N4.C20H12Br2N2.C18H15N.CH4/c1-5-15-41(16-6-1)43-25-33-49(34-26-43)59(47-19-9-3-10-20-47)51-37-29-45(30-38-51)55-56(58-54-24-14-13-23-53(54)57-55)46-31-39-52(40-32-46)60(48-21-11-4-12-22-48)50-35-27-44(28-36-50)42-17-7-2-8-18-42;21-15-9-5-13(6-10-15)19-20(14-7-11-16(22)12-8-14)24-18-4-2-1-3-17(18)23-19;1-3-7-15(8-4-1)16-11-13-18(14-12-16)19-17-9-5-2-6-10-17;/h1-40H;1-12H;1-14,19H;1H4. The van der Waals surface area contributed by atoms with Crippen LogP contribution in [0.25, 0.3) is 100 Å². The molecule has 17 aromatic rings. The first kappa shape index (κ1) is 68.5. The summed E-state index contributed by atoms with van der Waals surface area (Å²) < 4.78 is 2.09. The maximum atomic E-state index is 5.25. The van der Waals surface area contributed by atoms with E-state index in [1.165, 1.54) is 33.4 Å². The molecule has 17 rings (SSSR count). The molecule has 9 heteroatoms. The smallest absolute Gasteiger partial charge is 0.0973 e. The molecule has 104 heavy (non-hydrogen) atoms. The first-order valence-corrected chi connectivity index (χ1v) is 35.7. The third-order valence-electron chi connectivity index (χ3n) is 17.7.